The van der Waals surface area contributed by atoms with E-state index in [0.717, 1.165) is 16.9 Å². The zero-order chi connectivity index (χ0) is 20.8. The summed E-state index contributed by atoms with van der Waals surface area (Å²) in [5, 5.41) is 0.596. The summed E-state index contributed by atoms with van der Waals surface area (Å²) >= 11 is 7.05. The second kappa shape index (κ2) is 9.87. The molecule has 0 unspecified atom stereocenters. The van der Waals surface area contributed by atoms with Gasteiger partial charge in [-0.25, -0.2) is 4.79 Å². The number of rotatable bonds is 5. The Hall–Kier alpha value is -2.42. The van der Waals surface area contributed by atoms with Gasteiger partial charge in [0.2, 0.25) is 5.91 Å². The predicted octanol–water partition coefficient (Wildman–Crippen LogP) is 0.594. The van der Waals surface area contributed by atoms with Crippen molar-refractivity contribution in [2.45, 2.75) is 13.5 Å². The Bertz CT molecular complexity index is 1050. The molecule has 9 heteroatoms. The number of thiazole rings is 1. The van der Waals surface area contributed by atoms with Gasteiger partial charge in [-0.15, -0.1) is 11.3 Å². The fourth-order valence-electron chi connectivity index (χ4n) is 2.84. The quantitative estimate of drug-likeness (QED) is 0.641. The highest BCUT2D eigenvalue weighted by molar-refractivity contribution is 7.07. The molecule has 3 rings (SSSR count). The van der Waals surface area contributed by atoms with E-state index in [1.807, 2.05) is 0 Å². The first-order valence-electron chi connectivity index (χ1n) is 9.19. The number of carbonyl (C=O) groups excluding carboxylic acids is 2. The summed E-state index contributed by atoms with van der Waals surface area (Å²) in [5.74, 6) is -0.746. The van der Waals surface area contributed by atoms with E-state index in [4.69, 9.17) is 21.1 Å². The lowest BCUT2D eigenvalue weighted by molar-refractivity contribution is -0.136. The Morgan fingerprint density at radius 1 is 1.24 bits per heavy atom. The average Bonchev–Trinajstić information content (AvgIpc) is 2.99. The molecule has 0 radical (unpaired) electrons. The summed E-state index contributed by atoms with van der Waals surface area (Å²) in [6.07, 6.45) is 2.96. The molecule has 1 aliphatic rings. The molecule has 0 atom stereocenters. The normalized spacial score (nSPS) is 15.6. The van der Waals surface area contributed by atoms with Crippen molar-refractivity contribution in [3.8, 4) is 0 Å². The van der Waals surface area contributed by atoms with Gasteiger partial charge in [-0.2, -0.15) is 0 Å². The number of hydrogen-bond acceptors (Lipinski definition) is 6. The first kappa shape index (κ1) is 21.3. The number of benzene rings is 1. The second-order valence-electron chi connectivity index (χ2n) is 6.28. The number of ether oxygens (including phenoxy) is 2. The summed E-state index contributed by atoms with van der Waals surface area (Å²) in [5.41, 5.74) is 0.462. The third-order valence-electron chi connectivity index (χ3n) is 4.29. The molecule has 0 saturated carbocycles. The van der Waals surface area contributed by atoms with Gasteiger partial charge in [-0.3, -0.25) is 14.2 Å². The van der Waals surface area contributed by atoms with Gasteiger partial charge in [-0.1, -0.05) is 23.7 Å². The molecule has 2 heterocycles. The maximum atomic E-state index is 13.0. The maximum absolute atomic E-state index is 13.0. The Morgan fingerprint density at radius 2 is 1.93 bits per heavy atom. The van der Waals surface area contributed by atoms with Crippen LogP contribution < -0.4 is 14.8 Å². The minimum Gasteiger partial charge on any atom is -0.463 e. The van der Waals surface area contributed by atoms with Gasteiger partial charge in [0.1, 0.15) is 11.2 Å². The maximum Gasteiger partial charge on any atom is 0.333 e. The summed E-state index contributed by atoms with van der Waals surface area (Å²) in [6, 6.07) is 7.04. The number of esters is 1. The zero-order valence-corrected chi connectivity index (χ0v) is 17.5. The van der Waals surface area contributed by atoms with Crippen molar-refractivity contribution >= 4 is 47.0 Å². The van der Waals surface area contributed by atoms with Crippen LogP contribution in [-0.4, -0.2) is 54.3 Å². The molecule has 1 saturated heterocycles. The molecule has 1 aliphatic heterocycles. The lowest BCUT2D eigenvalue weighted by Crippen LogP contribution is -2.45. The molecule has 0 bridgehead atoms. The van der Waals surface area contributed by atoms with Crippen LogP contribution in [0.3, 0.4) is 0 Å². The zero-order valence-electron chi connectivity index (χ0n) is 15.9. The molecule has 1 fully saturated rings. The van der Waals surface area contributed by atoms with Crippen LogP contribution in [0.15, 0.2) is 29.1 Å². The van der Waals surface area contributed by atoms with E-state index in [2.05, 4.69) is 0 Å². The summed E-state index contributed by atoms with van der Waals surface area (Å²) in [4.78, 5) is 39.2. The van der Waals surface area contributed by atoms with Crippen LogP contribution in [0.5, 0.6) is 0 Å². The fraction of sp³-hybridized carbons (Fsp3) is 0.350. The lowest BCUT2D eigenvalue weighted by atomic mass is 10.2. The Kier molecular flexibility index (Phi) is 7.24. The van der Waals surface area contributed by atoms with Gasteiger partial charge in [0, 0.05) is 18.1 Å². The molecule has 1 amide bonds. The number of hydrogen-bond donors (Lipinski definition) is 0. The highest BCUT2D eigenvalue weighted by Crippen LogP contribution is 2.09. The van der Waals surface area contributed by atoms with E-state index < -0.39 is 5.97 Å². The van der Waals surface area contributed by atoms with Gasteiger partial charge >= 0.3 is 5.97 Å². The lowest BCUT2D eigenvalue weighted by Gasteiger charge is -2.26. The average molecular weight is 437 g/mol. The van der Waals surface area contributed by atoms with Crippen molar-refractivity contribution in [2.24, 2.45) is 0 Å². The van der Waals surface area contributed by atoms with Crippen molar-refractivity contribution < 1.29 is 19.1 Å². The van der Waals surface area contributed by atoms with Gasteiger partial charge in [0.05, 0.1) is 30.4 Å². The van der Waals surface area contributed by atoms with E-state index >= 15 is 0 Å². The van der Waals surface area contributed by atoms with E-state index in [1.165, 1.54) is 10.6 Å². The topological polar surface area (TPSA) is 77.8 Å². The summed E-state index contributed by atoms with van der Waals surface area (Å²) < 4.78 is 12.3. The highest BCUT2D eigenvalue weighted by Gasteiger charge is 2.19. The van der Waals surface area contributed by atoms with Gasteiger partial charge in [0.25, 0.3) is 5.56 Å². The third kappa shape index (κ3) is 5.56. The molecule has 0 aliphatic carbocycles. The molecule has 2 aromatic rings. The van der Waals surface area contributed by atoms with E-state index in [0.29, 0.717) is 40.5 Å². The molecule has 1 aromatic carbocycles. The molecular weight excluding hydrogens is 416 g/mol. The van der Waals surface area contributed by atoms with Crippen molar-refractivity contribution in [3.63, 3.8) is 0 Å². The smallest absolute Gasteiger partial charge is 0.333 e. The fourth-order valence-corrected chi connectivity index (χ4v) is 3.99. The van der Waals surface area contributed by atoms with Crippen molar-refractivity contribution in [2.75, 3.05) is 32.9 Å². The van der Waals surface area contributed by atoms with Crippen LogP contribution in [0.1, 0.15) is 12.5 Å². The summed E-state index contributed by atoms with van der Waals surface area (Å²) in [6.45, 7) is 3.70. The minimum atomic E-state index is -0.556. The molecular formula is C20H21ClN2O5S. The van der Waals surface area contributed by atoms with Crippen LogP contribution in [0.4, 0.5) is 0 Å². The highest BCUT2D eigenvalue weighted by atomic mass is 35.5. The molecule has 29 heavy (non-hydrogen) atoms. The first-order valence-corrected chi connectivity index (χ1v) is 10.4. The SMILES string of the molecule is CCOC(=O)/C=c1\s/c(=C\c2ccc(Cl)cc2)c(=O)n1CC(=O)N1CCOCC1. The van der Waals surface area contributed by atoms with Crippen LogP contribution in [0, 0.1) is 0 Å². The molecule has 0 spiro atoms. The Morgan fingerprint density at radius 3 is 2.59 bits per heavy atom. The largest absolute Gasteiger partial charge is 0.463 e. The van der Waals surface area contributed by atoms with Gasteiger partial charge in [-0.05, 0) is 30.7 Å². The second-order valence-corrected chi connectivity index (χ2v) is 7.78. The van der Waals surface area contributed by atoms with Crippen LogP contribution >= 0.6 is 22.9 Å². The Balaban J connectivity index is 2.01. The first-order chi connectivity index (χ1) is 14.0. The number of aromatic nitrogens is 1. The van der Waals surface area contributed by atoms with Crippen molar-refractivity contribution in [3.05, 3.63) is 54.4 Å². The number of carbonyl (C=O) groups is 2. The molecule has 1 aromatic heterocycles. The molecule has 0 N–H and O–H groups in total. The number of amides is 1. The van der Waals surface area contributed by atoms with Gasteiger partial charge in [0.15, 0.2) is 0 Å². The van der Waals surface area contributed by atoms with Crippen LogP contribution in [0.25, 0.3) is 12.2 Å². The van der Waals surface area contributed by atoms with Crippen molar-refractivity contribution in [1.29, 1.82) is 0 Å². The number of morpholine rings is 1. The number of nitrogens with zero attached hydrogens (tertiary/aromatic N) is 2. The van der Waals surface area contributed by atoms with Gasteiger partial charge < -0.3 is 14.4 Å². The predicted molar refractivity (Wildman–Crippen MR) is 111 cm³/mol. The minimum absolute atomic E-state index is 0.144. The van der Waals surface area contributed by atoms with Crippen molar-refractivity contribution in [1.82, 2.24) is 9.47 Å². The van der Waals surface area contributed by atoms with Crippen LogP contribution in [0.2, 0.25) is 5.02 Å². The standard InChI is InChI=1S/C20H21ClN2O5S/c1-2-28-19(25)12-18-23(13-17(24)22-7-9-27-10-8-22)20(26)16(29-18)11-14-3-5-15(21)6-4-14/h3-6,11-12H,2,7-10,13H2,1H3/b16-11-,18-12-. The van der Waals surface area contributed by atoms with E-state index in [1.54, 1.807) is 42.2 Å². The monoisotopic (exact) mass is 436 g/mol. The summed E-state index contributed by atoms with van der Waals surface area (Å²) in [7, 11) is 0. The molecule has 154 valence electrons. The third-order valence-corrected chi connectivity index (χ3v) is 5.60. The van der Waals surface area contributed by atoms with E-state index in [-0.39, 0.29) is 24.6 Å². The molecule has 7 nitrogen and oxygen atoms in total. The van der Waals surface area contributed by atoms with E-state index in [9.17, 15) is 14.4 Å². The number of halogens is 1. The Labute approximate surface area is 176 Å². The van der Waals surface area contributed by atoms with Crippen LogP contribution in [-0.2, 0) is 25.6 Å².